The minimum atomic E-state index is -0.685. The van der Waals surface area contributed by atoms with Crippen LogP contribution in [0.25, 0.3) is 0 Å². The van der Waals surface area contributed by atoms with Crippen LogP contribution in [0, 0.1) is 11.7 Å². The molecule has 0 fully saturated rings. The number of fused-ring (bicyclic) bond motifs is 1. The summed E-state index contributed by atoms with van der Waals surface area (Å²) in [6.07, 6.45) is 2.46. The number of nitrogens with zero attached hydrogens (tertiary/aromatic N) is 3. The molecule has 0 radical (unpaired) electrons. The lowest BCUT2D eigenvalue weighted by atomic mass is 10.1. The lowest BCUT2D eigenvalue weighted by Gasteiger charge is -2.30. The number of nitrogens with one attached hydrogen (secondary N) is 2. The quantitative estimate of drug-likeness (QED) is 0.666. The molecule has 3 N–H and O–H groups in total. The van der Waals surface area contributed by atoms with E-state index < -0.39 is 11.9 Å². The van der Waals surface area contributed by atoms with Gasteiger partial charge < -0.3 is 20.6 Å². The molecule has 2 heterocycles. The summed E-state index contributed by atoms with van der Waals surface area (Å²) in [5.41, 5.74) is 2.36. The first-order valence-electron chi connectivity index (χ1n) is 9.57. The van der Waals surface area contributed by atoms with Gasteiger partial charge in [0.15, 0.2) is 0 Å². The number of aliphatic hydroxyl groups is 1. The number of hydrogen-bond donors (Lipinski definition) is 3. The van der Waals surface area contributed by atoms with E-state index in [1.807, 2.05) is 0 Å². The Kier molecular flexibility index (Phi) is 6.87. The van der Waals surface area contributed by atoms with Crippen LogP contribution in [0.4, 0.5) is 15.1 Å². The Morgan fingerprint density at radius 3 is 2.90 bits per heavy atom. The van der Waals surface area contributed by atoms with E-state index in [1.165, 1.54) is 18.2 Å². The highest BCUT2D eigenvalue weighted by atomic mass is 35.5. The minimum absolute atomic E-state index is 0.0553. The number of aromatic nitrogens is 2. The summed E-state index contributed by atoms with van der Waals surface area (Å²) in [4.78, 5) is 23.3. The van der Waals surface area contributed by atoms with Gasteiger partial charge in [-0.15, -0.1) is 0 Å². The Morgan fingerprint density at radius 1 is 1.41 bits per heavy atom. The highest BCUT2D eigenvalue weighted by Gasteiger charge is 2.25. The minimum Gasteiger partial charge on any atom is -0.394 e. The van der Waals surface area contributed by atoms with Crippen LogP contribution in [0.5, 0.6) is 0 Å². The number of amides is 2. The molecule has 0 saturated heterocycles. The van der Waals surface area contributed by atoms with Crippen molar-refractivity contribution < 1.29 is 14.3 Å². The zero-order chi connectivity index (χ0) is 21.0. The van der Waals surface area contributed by atoms with Crippen molar-refractivity contribution in [3.8, 4) is 0 Å². The third-order valence-electron chi connectivity index (χ3n) is 4.73. The van der Waals surface area contributed by atoms with Crippen LogP contribution in [0.15, 0.2) is 24.4 Å². The molecule has 0 spiro atoms. The van der Waals surface area contributed by atoms with Crippen LogP contribution in [0.3, 0.4) is 0 Å². The summed E-state index contributed by atoms with van der Waals surface area (Å²) in [6, 6.07) is 3.10. The van der Waals surface area contributed by atoms with Gasteiger partial charge in [0.25, 0.3) is 0 Å². The van der Waals surface area contributed by atoms with Crippen molar-refractivity contribution >= 4 is 23.6 Å². The zero-order valence-electron chi connectivity index (χ0n) is 16.5. The normalized spacial score (nSPS) is 14.5. The number of carbonyl (C=O) groups excluding carboxylic acids is 1. The molecule has 1 aromatic carbocycles. The predicted octanol–water partition coefficient (Wildman–Crippen LogP) is 3.14. The van der Waals surface area contributed by atoms with E-state index in [0.29, 0.717) is 36.9 Å². The maximum Gasteiger partial charge on any atom is 0.318 e. The Balaban J connectivity index is 1.67. The molecule has 1 aliphatic heterocycles. The molecule has 1 aromatic heterocycles. The largest absolute Gasteiger partial charge is 0.394 e. The van der Waals surface area contributed by atoms with E-state index in [-0.39, 0.29) is 17.7 Å². The van der Waals surface area contributed by atoms with Crippen molar-refractivity contribution in [3.63, 3.8) is 0 Å². The number of halogens is 2. The van der Waals surface area contributed by atoms with Gasteiger partial charge in [-0.1, -0.05) is 31.5 Å². The molecule has 7 nitrogen and oxygen atoms in total. The molecule has 3 rings (SSSR count). The lowest BCUT2D eigenvalue weighted by Crippen LogP contribution is -2.45. The van der Waals surface area contributed by atoms with Crippen molar-refractivity contribution in [1.29, 1.82) is 0 Å². The van der Waals surface area contributed by atoms with E-state index in [9.17, 15) is 14.3 Å². The third-order valence-corrected chi connectivity index (χ3v) is 5.02. The van der Waals surface area contributed by atoms with Gasteiger partial charge in [-0.05, 0) is 35.6 Å². The number of urea groups is 1. The van der Waals surface area contributed by atoms with E-state index in [4.69, 9.17) is 11.6 Å². The van der Waals surface area contributed by atoms with Crippen molar-refractivity contribution in [2.45, 2.75) is 32.9 Å². The molecule has 9 heteroatoms. The Labute approximate surface area is 174 Å². The maximum absolute atomic E-state index is 13.4. The van der Waals surface area contributed by atoms with Gasteiger partial charge in [0.05, 0.1) is 29.9 Å². The van der Waals surface area contributed by atoms with Crippen LogP contribution in [0.2, 0.25) is 5.02 Å². The second kappa shape index (κ2) is 9.37. The number of hydrogen-bond acceptors (Lipinski definition) is 5. The smallest absolute Gasteiger partial charge is 0.318 e. The molecule has 0 bridgehead atoms. The Hall–Kier alpha value is -2.45. The highest BCUT2D eigenvalue weighted by molar-refractivity contribution is 6.30. The summed E-state index contributed by atoms with van der Waals surface area (Å²) < 4.78 is 13.4. The van der Waals surface area contributed by atoms with Crippen LogP contribution in [0.1, 0.15) is 36.7 Å². The van der Waals surface area contributed by atoms with E-state index in [2.05, 4.69) is 34.4 Å². The molecule has 2 amide bonds. The van der Waals surface area contributed by atoms with Gasteiger partial charge in [-0.25, -0.2) is 19.2 Å². The average molecular weight is 422 g/mol. The second-order valence-electron chi connectivity index (χ2n) is 7.47. The first kappa shape index (κ1) is 21.3. The molecule has 0 aliphatic carbocycles. The first-order chi connectivity index (χ1) is 13.9. The fourth-order valence-corrected chi connectivity index (χ4v) is 3.25. The number of carbonyl (C=O) groups is 1. The van der Waals surface area contributed by atoms with Crippen molar-refractivity contribution in [3.05, 3.63) is 52.1 Å². The van der Waals surface area contributed by atoms with Gasteiger partial charge in [-0.3, -0.25) is 0 Å². The molecular weight excluding hydrogens is 397 g/mol. The SMILES string of the molecule is CC(C)CNc1ncc2c(n1)CN(C(=O)N[C@H](CO)c1ccc(F)c(Cl)c1)CC2. The summed E-state index contributed by atoms with van der Waals surface area (Å²) in [7, 11) is 0. The number of benzene rings is 1. The number of anilines is 1. The van der Waals surface area contributed by atoms with Crippen molar-refractivity contribution in [2.75, 3.05) is 25.0 Å². The van der Waals surface area contributed by atoms with Crippen LogP contribution >= 0.6 is 11.6 Å². The first-order valence-corrected chi connectivity index (χ1v) is 9.95. The molecule has 156 valence electrons. The van der Waals surface area contributed by atoms with Crippen LogP contribution in [-0.4, -0.2) is 45.7 Å². The monoisotopic (exact) mass is 421 g/mol. The van der Waals surface area contributed by atoms with Crippen LogP contribution < -0.4 is 10.6 Å². The van der Waals surface area contributed by atoms with Gasteiger partial charge in [0, 0.05) is 19.3 Å². The summed E-state index contributed by atoms with van der Waals surface area (Å²) in [5.74, 6) is 0.467. The van der Waals surface area contributed by atoms with Gasteiger partial charge in [-0.2, -0.15) is 0 Å². The van der Waals surface area contributed by atoms with E-state index >= 15 is 0 Å². The predicted molar refractivity (Wildman–Crippen MR) is 109 cm³/mol. The summed E-state index contributed by atoms with van der Waals surface area (Å²) >= 11 is 5.82. The van der Waals surface area contributed by atoms with E-state index in [1.54, 1.807) is 11.1 Å². The average Bonchev–Trinajstić information content (AvgIpc) is 2.71. The standard InChI is InChI=1S/C20H25ClFN5O2/c1-12(2)8-23-19-24-9-14-5-6-27(10-17(14)25-19)20(29)26-18(11-28)13-3-4-16(22)15(21)7-13/h3-4,7,9,12,18,28H,5-6,8,10-11H2,1-2H3,(H,26,29)(H,23,24,25)/t18-/m1/s1. The highest BCUT2D eigenvalue weighted by Crippen LogP contribution is 2.22. The molecule has 1 atom stereocenters. The van der Waals surface area contributed by atoms with Crippen molar-refractivity contribution in [1.82, 2.24) is 20.2 Å². The molecule has 0 saturated carbocycles. The Morgan fingerprint density at radius 2 is 2.21 bits per heavy atom. The number of rotatable bonds is 6. The van der Waals surface area contributed by atoms with Gasteiger partial charge in [0.1, 0.15) is 5.82 Å². The third kappa shape index (κ3) is 5.33. The van der Waals surface area contributed by atoms with Crippen LogP contribution in [-0.2, 0) is 13.0 Å². The van der Waals surface area contributed by atoms with E-state index in [0.717, 1.165) is 17.8 Å². The number of aliphatic hydroxyl groups excluding tert-OH is 1. The second-order valence-corrected chi connectivity index (χ2v) is 7.88. The van der Waals surface area contributed by atoms with Crippen molar-refractivity contribution in [2.24, 2.45) is 5.92 Å². The fraction of sp³-hybridized carbons (Fsp3) is 0.450. The molecule has 29 heavy (non-hydrogen) atoms. The van der Waals surface area contributed by atoms with Gasteiger partial charge >= 0.3 is 6.03 Å². The summed E-state index contributed by atoms with van der Waals surface area (Å²) in [5, 5.41) is 15.6. The van der Waals surface area contributed by atoms with Gasteiger partial charge in [0.2, 0.25) is 5.95 Å². The molecular formula is C20H25ClFN5O2. The topological polar surface area (TPSA) is 90.4 Å². The Bertz CT molecular complexity index is 880. The molecule has 1 aliphatic rings. The maximum atomic E-state index is 13.4. The summed E-state index contributed by atoms with van der Waals surface area (Å²) in [6.45, 7) is 5.50. The molecule has 2 aromatic rings. The fourth-order valence-electron chi connectivity index (χ4n) is 3.06. The lowest BCUT2D eigenvalue weighted by molar-refractivity contribution is 0.176. The zero-order valence-corrected chi connectivity index (χ0v) is 17.2. The molecule has 0 unspecified atom stereocenters.